The van der Waals surface area contributed by atoms with Crippen LogP contribution in [0.1, 0.15) is 20.8 Å². The predicted molar refractivity (Wildman–Crippen MR) is 33.4 cm³/mol. The lowest BCUT2D eigenvalue weighted by molar-refractivity contribution is 0.219. The van der Waals surface area contributed by atoms with Crippen molar-refractivity contribution in [2.45, 2.75) is 26.3 Å². The monoisotopic (exact) mass is 101 g/mol. The molecule has 0 rings (SSSR count). The van der Waals surface area contributed by atoms with Gasteiger partial charge in [-0.25, -0.2) is 0 Å². The maximum atomic E-state index is 2.19. The second-order valence-electron chi connectivity index (χ2n) is 3.07. The molecule has 0 N–H and O–H groups in total. The molecule has 0 radical (unpaired) electrons. The molecule has 0 unspecified atom stereocenters. The minimum atomic E-state index is 0.333. The molecule has 0 saturated carbocycles. The first kappa shape index (κ1) is 6.96. The first-order valence-electron chi connectivity index (χ1n) is 2.62. The molecule has 1 nitrogen and oxygen atoms in total. The van der Waals surface area contributed by atoms with Crippen LogP contribution in [-0.4, -0.2) is 24.5 Å². The third-order valence-electron chi connectivity index (χ3n) is 1.34. The number of hydrogen-bond donors (Lipinski definition) is 0. The van der Waals surface area contributed by atoms with Gasteiger partial charge in [-0.1, -0.05) is 0 Å². The van der Waals surface area contributed by atoms with Crippen molar-refractivity contribution in [3.05, 3.63) is 0 Å². The summed E-state index contributed by atoms with van der Waals surface area (Å²) >= 11 is 0. The van der Waals surface area contributed by atoms with E-state index in [9.17, 15) is 0 Å². The molecule has 0 saturated heterocycles. The highest BCUT2D eigenvalue weighted by Gasteiger charge is 2.10. The first-order valence-corrected chi connectivity index (χ1v) is 2.62. The molecule has 0 aliphatic rings. The average molecular weight is 101 g/mol. The molecule has 1 heteroatoms. The van der Waals surface area contributed by atoms with Crippen molar-refractivity contribution in [1.82, 2.24) is 4.90 Å². The van der Waals surface area contributed by atoms with E-state index in [1.807, 2.05) is 0 Å². The van der Waals surface area contributed by atoms with Crippen LogP contribution in [0.15, 0.2) is 0 Å². The molecule has 44 valence electrons. The van der Waals surface area contributed by atoms with Crippen LogP contribution in [-0.2, 0) is 0 Å². The van der Waals surface area contributed by atoms with Gasteiger partial charge in [-0.3, -0.25) is 0 Å². The van der Waals surface area contributed by atoms with Gasteiger partial charge < -0.3 is 4.90 Å². The van der Waals surface area contributed by atoms with E-state index in [-0.39, 0.29) is 0 Å². The molecule has 0 aromatic heterocycles. The van der Waals surface area contributed by atoms with Gasteiger partial charge in [-0.05, 0) is 34.9 Å². The second-order valence-corrected chi connectivity index (χ2v) is 3.07. The summed E-state index contributed by atoms with van der Waals surface area (Å²) in [7, 11) is 4.17. The topological polar surface area (TPSA) is 3.24 Å². The summed E-state index contributed by atoms with van der Waals surface area (Å²) in [6, 6.07) is 0. The fourth-order valence-corrected chi connectivity index (χ4v) is 0. The highest BCUT2D eigenvalue weighted by molar-refractivity contribution is 4.67. The van der Waals surface area contributed by atoms with Crippen molar-refractivity contribution >= 4 is 0 Å². The lowest BCUT2D eigenvalue weighted by atomic mass is 10.1. The van der Waals surface area contributed by atoms with Crippen LogP contribution in [0.3, 0.4) is 0 Å². The van der Waals surface area contributed by atoms with Gasteiger partial charge in [-0.2, -0.15) is 0 Å². The molecule has 0 aliphatic heterocycles. The van der Waals surface area contributed by atoms with Gasteiger partial charge >= 0.3 is 0 Å². The molecular weight excluding hydrogens is 86.1 g/mol. The average Bonchev–Trinajstić information content (AvgIpc) is 1.31. The Hall–Kier alpha value is -0.0400. The minimum absolute atomic E-state index is 0.333. The first-order chi connectivity index (χ1) is 2.94. The predicted octanol–water partition coefficient (Wildman–Crippen LogP) is 1.35. The van der Waals surface area contributed by atoms with Gasteiger partial charge in [0.05, 0.1) is 0 Å². The number of hydrogen-bond acceptors (Lipinski definition) is 1. The van der Waals surface area contributed by atoms with Crippen LogP contribution < -0.4 is 0 Å². The molecule has 0 aliphatic carbocycles. The molecule has 0 bridgehead atoms. The van der Waals surface area contributed by atoms with E-state index >= 15 is 0 Å². The largest absolute Gasteiger partial charge is 0.305 e. The van der Waals surface area contributed by atoms with E-state index in [1.165, 1.54) is 0 Å². The van der Waals surface area contributed by atoms with Crippen LogP contribution in [0.25, 0.3) is 0 Å². The van der Waals surface area contributed by atoms with Crippen molar-refractivity contribution in [3.63, 3.8) is 0 Å². The Morgan fingerprint density at radius 3 is 1.14 bits per heavy atom. The molecule has 0 atom stereocenters. The zero-order chi connectivity index (χ0) is 6.08. The minimum Gasteiger partial charge on any atom is -0.305 e. The van der Waals surface area contributed by atoms with Crippen molar-refractivity contribution in [1.29, 1.82) is 0 Å². The van der Waals surface area contributed by atoms with Gasteiger partial charge in [0.2, 0.25) is 0 Å². The normalized spacial score (nSPS) is 12.9. The Morgan fingerprint density at radius 2 is 1.14 bits per heavy atom. The highest BCUT2D eigenvalue weighted by atomic mass is 15.1. The van der Waals surface area contributed by atoms with Crippen LogP contribution >= 0.6 is 0 Å². The Labute approximate surface area is 46.3 Å². The van der Waals surface area contributed by atoms with Gasteiger partial charge in [-0.15, -0.1) is 0 Å². The lowest BCUT2D eigenvalue weighted by Gasteiger charge is -2.27. The van der Waals surface area contributed by atoms with E-state index in [0.717, 1.165) is 0 Å². The van der Waals surface area contributed by atoms with Gasteiger partial charge in [0.1, 0.15) is 0 Å². The van der Waals surface area contributed by atoms with Gasteiger partial charge in [0.25, 0.3) is 0 Å². The summed E-state index contributed by atoms with van der Waals surface area (Å²) in [6.45, 7) is 6.56. The third-order valence-corrected chi connectivity index (χ3v) is 1.34. The standard InChI is InChI=1S/C6H15N/c1-6(2,3)7(4)5/h1-5H3. The van der Waals surface area contributed by atoms with Gasteiger partial charge in [0, 0.05) is 5.54 Å². The van der Waals surface area contributed by atoms with Crippen molar-refractivity contribution in [2.75, 3.05) is 14.1 Å². The van der Waals surface area contributed by atoms with Crippen molar-refractivity contribution in [2.24, 2.45) is 0 Å². The number of rotatable bonds is 0. The van der Waals surface area contributed by atoms with Crippen LogP contribution in [0.4, 0.5) is 0 Å². The quantitative estimate of drug-likeness (QED) is 0.445. The molecule has 0 heterocycles. The van der Waals surface area contributed by atoms with E-state index in [4.69, 9.17) is 0 Å². The van der Waals surface area contributed by atoms with E-state index in [0.29, 0.717) is 5.54 Å². The van der Waals surface area contributed by atoms with Gasteiger partial charge in [0.15, 0.2) is 0 Å². The smallest absolute Gasteiger partial charge is 0.0118 e. The summed E-state index contributed by atoms with van der Waals surface area (Å²) in [5.41, 5.74) is 0.333. The molecule has 7 heavy (non-hydrogen) atoms. The molecule has 0 aromatic rings. The Kier molecular flexibility index (Phi) is 1.82. The van der Waals surface area contributed by atoms with Crippen molar-refractivity contribution in [3.8, 4) is 0 Å². The fourth-order valence-electron chi connectivity index (χ4n) is 0. The molecule has 0 spiro atoms. The molecule has 0 amide bonds. The zero-order valence-electron chi connectivity index (χ0n) is 5.95. The molecule has 0 aromatic carbocycles. The maximum absolute atomic E-state index is 2.19. The van der Waals surface area contributed by atoms with E-state index in [1.54, 1.807) is 0 Å². The third kappa shape index (κ3) is 2.63. The van der Waals surface area contributed by atoms with Crippen LogP contribution in [0.5, 0.6) is 0 Å². The van der Waals surface area contributed by atoms with E-state index < -0.39 is 0 Å². The Bertz CT molecular complexity index is 49.7. The highest BCUT2D eigenvalue weighted by Crippen LogP contribution is 2.05. The van der Waals surface area contributed by atoms with E-state index in [2.05, 4.69) is 39.8 Å². The zero-order valence-corrected chi connectivity index (χ0v) is 5.95. The lowest BCUT2D eigenvalue weighted by Crippen LogP contribution is -2.34. The molecule has 0 fully saturated rings. The molecular formula is C6H15N. The Balaban J connectivity index is 3.54. The van der Waals surface area contributed by atoms with Crippen LogP contribution in [0, 0.1) is 0 Å². The Morgan fingerprint density at radius 1 is 1.00 bits per heavy atom. The van der Waals surface area contributed by atoms with Crippen LogP contribution in [0.2, 0.25) is 0 Å². The SMILES string of the molecule is CN(C)C(C)(C)C. The number of nitrogens with zero attached hydrogens (tertiary/aromatic N) is 1. The fraction of sp³-hybridized carbons (Fsp3) is 1.00. The summed E-state index contributed by atoms with van der Waals surface area (Å²) in [4.78, 5) is 2.19. The summed E-state index contributed by atoms with van der Waals surface area (Å²) in [6.07, 6.45) is 0. The summed E-state index contributed by atoms with van der Waals surface area (Å²) in [5, 5.41) is 0. The summed E-state index contributed by atoms with van der Waals surface area (Å²) in [5.74, 6) is 0. The second kappa shape index (κ2) is 1.83. The maximum Gasteiger partial charge on any atom is 0.0118 e. The summed E-state index contributed by atoms with van der Waals surface area (Å²) < 4.78 is 0. The van der Waals surface area contributed by atoms with Crippen molar-refractivity contribution < 1.29 is 0 Å².